The molecule has 1 fully saturated rings. The van der Waals surface area contributed by atoms with E-state index in [0.717, 1.165) is 12.8 Å². The maximum atomic E-state index is 12.5. The Bertz CT molecular complexity index is 549. The zero-order chi connectivity index (χ0) is 14.8. The Labute approximate surface area is 121 Å². The van der Waals surface area contributed by atoms with E-state index in [9.17, 15) is 8.42 Å². The fourth-order valence-corrected chi connectivity index (χ4v) is 4.58. The predicted octanol–water partition coefficient (Wildman–Crippen LogP) is 2.08. The van der Waals surface area contributed by atoms with Crippen LogP contribution in [0.25, 0.3) is 0 Å². The van der Waals surface area contributed by atoms with Crippen LogP contribution in [0.2, 0.25) is 0 Å². The van der Waals surface area contributed by atoms with Crippen LogP contribution in [0.3, 0.4) is 0 Å². The topological polar surface area (TPSA) is 84.2 Å². The number of anilines is 1. The Kier molecular flexibility index (Phi) is 4.67. The van der Waals surface area contributed by atoms with E-state index in [1.54, 1.807) is 24.3 Å². The van der Waals surface area contributed by atoms with Crippen LogP contribution in [0, 0.1) is 11.8 Å². The van der Waals surface area contributed by atoms with Crippen molar-refractivity contribution >= 4 is 15.7 Å². The molecule has 2 unspecified atom stereocenters. The molecule has 1 aliphatic rings. The van der Waals surface area contributed by atoms with Gasteiger partial charge in [-0.3, -0.25) is 5.84 Å². The minimum Gasteiger partial charge on any atom is -0.323 e. The second kappa shape index (κ2) is 6.11. The lowest BCUT2D eigenvalue weighted by Gasteiger charge is -2.31. The molecule has 112 valence electrons. The molecule has 5 nitrogen and oxygen atoms in total. The molecular weight excluding hydrogens is 274 g/mol. The monoisotopic (exact) mass is 297 g/mol. The summed E-state index contributed by atoms with van der Waals surface area (Å²) in [6.07, 6.45) is 2.95. The highest BCUT2D eigenvalue weighted by atomic mass is 32.2. The van der Waals surface area contributed by atoms with E-state index in [2.05, 4.69) is 24.0 Å². The Morgan fingerprint density at radius 1 is 1.10 bits per heavy atom. The van der Waals surface area contributed by atoms with Crippen molar-refractivity contribution in [1.82, 2.24) is 4.72 Å². The first-order valence-corrected chi connectivity index (χ1v) is 8.48. The lowest BCUT2D eigenvalue weighted by molar-refractivity contribution is 0.258. The van der Waals surface area contributed by atoms with Crippen molar-refractivity contribution in [3.63, 3.8) is 0 Å². The van der Waals surface area contributed by atoms with Gasteiger partial charge in [-0.1, -0.05) is 26.0 Å². The second-order valence-corrected chi connectivity index (χ2v) is 7.56. The van der Waals surface area contributed by atoms with Gasteiger partial charge in [-0.15, -0.1) is 0 Å². The van der Waals surface area contributed by atoms with Gasteiger partial charge in [0.15, 0.2) is 0 Å². The molecule has 0 heterocycles. The Balaban J connectivity index is 2.19. The summed E-state index contributed by atoms with van der Waals surface area (Å²) in [7, 11) is -3.54. The van der Waals surface area contributed by atoms with Gasteiger partial charge in [0.05, 0.1) is 5.69 Å². The summed E-state index contributed by atoms with van der Waals surface area (Å²) in [5.41, 5.74) is 2.85. The molecule has 20 heavy (non-hydrogen) atoms. The summed E-state index contributed by atoms with van der Waals surface area (Å²) in [5, 5.41) is 0. The first kappa shape index (κ1) is 15.3. The molecule has 1 aromatic rings. The highest BCUT2D eigenvalue weighted by Gasteiger charge is 2.28. The molecule has 0 aromatic heterocycles. The van der Waals surface area contributed by atoms with Crippen LogP contribution in [0.1, 0.15) is 33.1 Å². The van der Waals surface area contributed by atoms with Crippen molar-refractivity contribution in [2.45, 2.75) is 44.0 Å². The first-order chi connectivity index (χ1) is 9.42. The standard InChI is InChI=1S/C14H23N3O2S/c1-10-7-11(2)9-12(8-10)17-20(18,19)14-6-4-3-5-13(14)16-15/h3-6,10-12,16-17H,7-9,15H2,1-2H3. The smallest absolute Gasteiger partial charge is 0.242 e. The van der Waals surface area contributed by atoms with Crippen molar-refractivity contribution in [2.24, 2.45) is 17.7 Å². The summed E-state index contributed by atoms with van der Waals surface area (Å²) >= 11 is 0. The van der Waals surface area contributed by atoms with Gasteiger partial charge in [0, 0.05) is 6.04 Å². The normalized spacial score (nSPS) is 27.2. The number of hydrogen-bond acceptors (Lipinski definition) is 4. The Hall–Kier alpha value is -1.11. The van der Waals surface area contributed by atoms with Crippen LogP contribution in [0.4, 0.5) is 5.69 Å². The number of nitrogens with two attached hydrogens (primary N) is 1. The molecule has 0 spiro atoms. The van der Waals surface area contributed by atoms with Crippen molar-refractivity contribution < 1.29 is 8.42 Å². The maximum Gasteiger partial charge on any atom is 0.242 e. The molecule has 0 aliphatic heterocycles. The van der Waals surface area contributed by atoms with E-state index >= 15 is 0 Å². The summed E-state index contributed by atoms with van der Waals surface area (Å²) in [6.45, 7) is 4.35. The summed E-state index contributed by atoms with van der Waals surface area (Å²) in [5.74, 6) is 6.48. The van der Waals surface area contributed by atoms with Crippen LogP contribution in [-0.2, 0) is 10.0 Å². The van der Waals surface area contributed by atoms with Crippen LogP contribution in [0.15, 0.2) is 29.2 Å². The first-order valence-electron chi connectivity index (χ1n) is 7.00. The average molecular weight is 297 g/mol. The molecule has 1 aliphatic carbocycles. The third kappa shape index (κ3) is 3.50. The van der Waals surface area contributed by atoms with E-state index in [4.69, 9.17) is 5.84 Å². The minimum absolute atomic E-state index is 0.00424. The van der Waals surface area contributed by atoms with Crippen molar-refractivity contribution in [2.75, 3.05) is 5.43 Å². The van der Waals surface area contributed by atoms with E-state index < -0.39 is 10.0 Å². The molecule has 0 bridgehead atoms. The van der Waals surface area contributed by atoms with Crippen molar-refractivity contribution in [3.05, 3.63) is 24.3 Å². The number of benzene rings is 1. The van der Waals surface area contributed by atoms with Gasteiger partial charge in [0.1, 0.15) is 4.90 Å². The van der Waals surface area contributed by atoms with Gasteiger partial charge in [0.2, 0.25) is 10.0 Å². The van der Waals surface area contributed by atoms with E-state index in [1.165, 1.54) is 6.42 Å². The van der Waals surface area contributed by atoms with Gasteiger partial charge in [-0.25, -0.2) is 13.1 Å². The summed E-state index contributed by atoms with van der Waals surface area (Å²) in [4.78, 5) is 0.202. The number of nitrogens with one attached hydrogen (secondary N) is 2. The van der Waals surface area contributed by atoms with Crippen LogP contribution in [-0.4, -0.2) is 14.5 Å². The highest BCUT2D eigenvalue weighted by Crippen LogP contribution is 2.30. The Morgan fingerprint density at radius 3 is 2.30 bits per heavy atom. The zero-order valence-corrected chi connectivity index (χ0v) is 12.8. The molecule has 4 N–H and O–H groups in total. The minimum atomic E-state index is -3.54. The molecule has 0 radical (unpaired) electrons. The van der Waals surface area contributed by atoms with Gasteiger partial charge < -0.3 is 5.43 Å². The SMILES string of the molecule is CC1CC(C)CC(NS(=O)(=O)c2ccccc2NN)C1. The van der Waals surface area contributed by atoms with E-state index in [1.807, 2.05) is 0 Å². The van der Waals surface area contributed by atoms with Gasteiger partial charge in [-0.2, -0.15) is 0 Å². The number of hydrazine groups is 1. The fraction of sp³-hybridized carbons (Fsp3) is 0.571. The van der Waals surface area contributed by atoms with Crippen LogP contribution in [0.5, 0.6) is 0 Å². The maximum absolute atomic E-state index is 12.5. The third-order valence-corrected chi connectivity index (χ3v) is 5.41. The van der Waals surface area contributed by atoms with Crippen molar-refractivity contribution in [3.8, 4) is 0 Å². The largest absolute Gasteiger partial charge is 0.323 e. The van der Waals surface area contributed by atoms with Gasteiger partial charge >= 0.3 is 0 Å². The predicted molar refractivity (Wildman–Crippen MR) is 80.5 cm³/mol. The fourth-order valence-electron chi connectivity index (χ4n) is 3.15. The van der Waals surface area contributed by atoms with E-state index in [-0.39, 0.29) is 10.9 Å². The van der Waals surface area contributed by atoms with Crippen LogP contribution < -0.4 is 16.0 Å². The summed E-state index contributed by atoms with van der Waals surface area (Å²) < 4.78 is 27.8. The second-order valence-electron chi connectivity index (χ2n) is 5.88. The molecular formula is C14H23N3O2S. The lowest BCUT2D eigenvalue weighted by atomic mass is 9.81. The zero-order valence-electron chi connectivity index (χ0n) is 12.0. The number of rotatable bonds is 4. The lowest BCUT2D eigenvalue weighted by Crippen LogP contribution is -2.40. The van der Waals surface area contributed by atoms with Gasteiger partial charge in [0.25, 0.3) is 0 Å². The van der Waals surface area contributed by atoms with Crippen molar-refractivity contribution in [1.29, 1.82) is 0 Å². The van der Waals surface area contributed by atoms with Crippen LogP contribution >= 0.6 is 0 Å². The average Bonchev–Trinajstić information content (AvgIpc) is 2.36. The van der Waals surface area contributed by atoms with Gasteiger partial charge in [-0.05, 0) is 43.2 Å². The molecule has 6 heteroatoms. The highest BCUT2D eigenvalue weighted by molar-refractivity contribution is 7.89. The molecule has 1 saturated carbocycles. The molecule has 0 saturated heterocycles. The number of sulfonamides is 1. The number of hydrogen-bond donors (Lipinski definition) is 3. The quantitative estimate of drug-likeness (QED) is 0.587. The number of nitrogen functional groups attached to an aromatic ring is 1. The molecule has 2 atom stereocenters. The molecule has 0 amide bonds. The third-order valence-electron chi connectivity index (χ3n) is 3.83. The number of para-hydroxylation sites is 1. The Morgan fingerprint density at radius 2 is 1.70 bits per heavy atom. The molecule has 2 rings (SSSR count). The molecule has 1 aromatic carbocycles. The summed E-state index contributed by atoms with van der Waals surface area (Å²) in [6, 6.07) is 6.67. The van der Waals surface area contributed by atoms with E-state index in [0.29, 0.717) is 17.5 Å².